The zero-order chi connectivity index (χ0) is 10.1. The van der Waals surface area contributed by atoms with Crippen molar-refractivity contribution in [1.82, 2.24) is 0 Å². The van der Waals surface area contributed by atoms with E-state index in [-0.39, 0.29) is 0 Å². The molecule has 1 aliphatic carbocycles. The van der Waals surface area contributed by atoms with Gasteiger partial charge >= 0.3 is 5.97 Å². The number of hydrogen-bond donors (Lipinski definition) is 1. The van der Waals surface area contributed by atoms with Crippen LogP contribution in [0.1, 0.15) is 40.6 Å². The van der Waals surface area contributed by atoms with Crippen molar-refractivity contribution in [2.75, 3.05) is 7.11 Å². The molecule has 0 saturated carbocycles. The van der Waals surface area contributed by atoms with Crippen LogP contribution in [-0.4, -0.2) is 18.2 Å². The van der Waals surface area contributed by atoms with E-state index in [9.17, 15) is 9.90 Å². The Morgan fingerprint density at radius 2 is 2.50 bits per heavy atom. The first kappa shape index (κ1) is 9.27. The van der Waals surface area contributed by atoms with Gasteiger partial charge in [-0.1, -0.05) is 0 Å². The second-order valence-electron chi connectivity index (χ2n) is 3.39. The van der Waals surface area contributed by atoms with Gasteiger partial charge in [0, 0.05) is 12.0 Å². The Bertz CT molecular complexity index is 353. The quantitative estimate of drug-likeness (QED) is 0.690. The number of aliphatic hydroxyl groups is 1. The van der Waals surface area contributed by atoms with E-state index in [0.29, 0.717) is 23.3 Å². The summed E-state index contributed by atoms with van der Waals surface area (Å²) in [7, 11) is 1.32. The molecule has 0 aliphatic heterocycles. The van der Waals surface area contributed by atoms with Gasteiger partial charge in [-0.25, -0.2) is 4.79 Å². The van der Waals surface area contributed by atoms with Crippen LogP contribution in [0.3, 0.4) is 0 Å². The summed E-state index contributed by atoms with van der Waals surface area (Å²) in [4.78, 5) is 11.3. The molecule has 1 aliphatic rings. The first-order valence-corrected chi connectivity index (χ1v) is 4.60. The van der Waals surface area contributed by atoms with E-state index >= 15 is 0 Å². The van der Waals surface area contributed by atoms with Crippen molar-refractivity contribution < 1.29 is 19.1 Å². The molecule has 4 nitrogen and oxygen atoms in total. The van der Waals surface area contributed by atoms with Gasteiger partial charge < -0.3 is 14.3 Å². The minimum Gasteiger partial charge on any atom is -0.468 e. The van der Waals surface area contributed by atoms with Crippen LogP contribution in [0.5, 0.6) is 0 Å². The highest BCUT2D eigenvalue weighted by Crippen LogP contribution is 2.33. The molecule has 1 aromatic rings. The number of ether oxygens (including phenoxy) is 1. The third-order valence-electron chi connectivity index (χ3n) is 2.53. The molecule has 0 spiro atoms. The zero-order valence-electron chi connectivity index (χ0n) is 7.95. The summed E-state index contributed by atoms with van der Waals surface area (Å²) in [5.74, 6) is 0.264. The van der Waals surface area contributed by atoms with E-state index in [4.69, 9.17) is 4.42 Å². The molecular weight excluding hydrogens is 184 g/mol. The lowest BCUT2D eigenvalue weighted by Gasteiger charge is -2.16. The van der Waals surface area contributed by atoms with Crippen molar-refractivity contribution in [3.63, 3.8) is 0 Å². The summed E-state index contributed by atoms with van der Waals surface area (Å²) in [6.07, 6.45) is 3.12. The summed E-state index contributed by atoms with van der Waals surface area (Å²) < 4.78 is 9.82. The molecule has 1 aromatic heterocycles. The van der Waals surface area contributed by atoms with Gasteiger partial charge in [0.25, 0.3) is 0 Å². The molecule has 14 heavy (non-hydrogen) atoms. The summed E-state index contributed by atoms with van der Waals surface area (Å²) in [5.41, 5.74) is 0.970. The third-order valence-corrected chi connectivity index (χ3v) is 2.53. The van der Waals surface area contributed by atoms with E-state index in [1.807, 2.05) is 0 Å². The van der Waals surface area contributed by atoms with Crippen LogP contribution < -0.4 is 0 Å². The highest BCUT2D eigenvalue weighted by molar-refractivity contribution is 5.91. The van der Waals surface area contributed by atoms with E-state index in [2.05, 4.69) is 4.74 Å². The normalized spacial score (nSPS) is 20.3. The Morgan fingerprint density at radius 3 is 3.21 bits per heavy atom. The highest BCUT2D eigenvalue weighted by Gasteiger charge is 2.28. The summed E-state index contributed by atoms with van der Waals surface area (Å²) in [6, 6.07) is 0. The maximum absolute atomic E-state index is 11.3. The number of esters is 1. The number of aryl methyl sites for hydroxylation is 1. The second kappa shape index (κ2) is 3.46. The Labute approximate surface area is 81.5 Å². The smallest absolute Gasteiger partial charge is 0.341 e. The number of methoxy groups -OCH3 is 1. The van der Waals surface area contributed by atoms with Gasteiger partial charge in [0.2, 0.25) is 0 Å². The van der Waals surface area contributed by atoms with E-state index in [1.165, 1.54) is 13.4 Å². The second-order valence-corrected chi connectivity index (χ2v) is 3.39. The SMILES string of the molecule is COC(=O)c1coc2c1C(O)CCC2. The average molecular weight is 196 g/mol. The van der Waals surface area contributed by atoms with Gasteiger partial charge in [-0.05, 0) is 12.8 Å². The lowest BCUT2D eigenvalue weighted by molar-refractivity contribution is 0.0591. The van der Waals surface area contributed by atoms with Crippen LogP contribution >= 0.6 is 0 Å². The molecule has 0 radical (unpaired) electrons. The molecule has 1 N–H and O–H groups in total. The lowest BCUT2D eigenvalue weighted by atomic mass is 9.93. The van der Waals surface area contributed by atoms with Crippen molar-refractivity contribution in [3.8, 4) is 0 Å². The monoisotopic (exact) mass is 196 g/mol. The van der Waals surface area contributed by atoms with E-state index < -0.39 is 12.1 Å². The third kappa shape index (κ3) is 1.32. The van der Waals surface area contributed by atoms with Gasteiger partial charge in [0.05, 0.1) is 13.2 Å². The molecule has 1 unspecified atom stereocenters. The Morgan fingerprint density at radius 1 is 1.71 bits per heavy atom. The average Bonchev–Trinajstić information content (AvgIpc) is 2.62. The number of furan rings is 1. The fourth-order valence-electron chi connectivity index (χ4n) is 1.83. The molecule has 1 heterocycles. The highest BCUT2D eigenvalue weighted by atomic mass is 16.5. The number of carbonyl (C=O) groups excluding carboxylic acids is 1. The number of carbonyl (C=O) groups is 1. The van der Waals surface area contributed by atoms with Gasteiger partial charge in [0.1, 0.15) is 17.6 Å². The predicted molar refractivity (Wildman–Crippen MR) is 47.9 cm³/mol. The summed E-state index contributed by atoms with van der Waals surface area (Å²) in [5, 5.41) is 9.71. The van der Waals surface area contributed by atoms with Gasteiger partial charge in [-0.2, -0.15) is 0 Å². The molecule has 0 bridgehead atoms. The maximum atomic E-state index is 11.3. The molecule has 4 heteroatoms. The Balaban J connectivity index is 2.43. The summed E-state index contributed by atoms with van der Waals surface area (Å²) >= 11 is 0. The number of rotatable bonds is 1. The molecule has 2 rings (SSSR count). The first-order chi connectivity index (χ1) is 6.74. The van der Waals surface area contributed by atoms with Gasteiger partial charge in [0.15, 0.2) is 0 Å². The van der Waals surface area contributed by atoms with Crippen molar-refractivity contribution in [2.45, 2.75) is 25.4 Å². The van der Waals surface area contributed by atoms with Crippen molar-refractivity contribution in [3.05, 3.63) is 23.2 Å². The lowest BCUT2D eigenvalue weighted by Crippen LogP contribution is -2.12. The fraction of sp³-hybridized carbons (Fsp3) is 0.500. The standard InChI is InChI=1S/C10H12O4/c1-13-10(12)6-5-14-8-4-2-3-7(11)9(6)8/h5,7,11H,2-4H2,1H3. The molecule has 0 aromatic carbocycles. The molecule has 0 fully saturated rings. The molecule has 1 atom stereocenters. The molecule has 0 saturated heterocycles. The summed E-state index contributed by atoms with van der Waals surface area (Å²) in [6.45, 7) is 0. The first-order valence-electron chi connectivity index (χ1n) is 4.60. The Kier molecular flexibility index (Phi) is 2.29. The largest absolute Gasteiger partial charge is 0.468 e. The zero-order valence-corrected chi connectivity index (χ0v) is 7.95. The molecular formula is C10H12O4. The van der Waals surface area contributed by atoms with Crippen LogP contribution in [0.4, 0.5) is 0 Å². The van der Waals surface area contributed by atoms with Crippen LogP contribution in [-0.2, 0) is 11.2 Å². The van der Waals surface area contributed by atoms with E-state index in [0.717, 1.165) is 12.8 Å². The molecule has 76 valence electrons. The molecule has 0 amide bonds. The van der Waals surface area contributed by atoms with Crippen LogP contribution in [0.25, 0.3) is 0 Å². The fourth-order valence-corrected chi connectivity index (χ4v) is 1.83. The van der Waals surface area contributed by atoms with E-state index in [1.54, 1.807) is 0 Å². The van der Waals surface area contributed by atoms with Crippen LogP contribution in [0.2, 0.25) is 0 Å². The van der Waals surface area contributed by atoms with Gasteiger partial charge in [-0.15, -0.1) is 0 Å². The van der Waals surface area contributed by atoms with Crippen molar-refractivity contribution in [1.29, 1.82) is 0 Å². The maximum Gasteiger partial charge on any atom is 0.341 e. The minimum absolute atomic E-state index is 0.356. The Hall–Kier alpha value is -1.29. The predicted octanol–water partition coefficient (Wildman–Crippen LogP) is 1.44. The van der Waals surface area contributed by atoms with Crippen molar-refractivity contribution in [2.24, 2.45) is 0 Å². The van der Waals surface area contributed by atoms with Crippen LogP contribution in [0, 0.1) is 0 Å². The topological polar surface area (TPSA) is 59.7 Å². The van der Waals surface area contributed by atoms with Crippen LogP contribution in [0.15, 0.2) is 10.7 Å². The number of hydrogen-bond acceptors (Lipinski definition) is 4. The number of aliphatic hydroxyl groups excluding tert-OH is 1. The van der Waals surface area contributed by atoms with Gasteiger partial charge in [-0.3, -0.25) is 0 Å². The number of fused-ring (bicyclic) bond motifs is 1. The van der Waals surface area contributed by atoms with Crippen molar-refractivity contribution >= 4 is 5.97 Å². The minimum atomic E-state index is -0.591.